The predicted molar refractivity (Wildman–Crippen MR) is 92.7 cm³/mol. The highest BCUT2D eigenvalue weighted by Crippen LogP contribution is 2.21. The van der Waals surface area contributed by atoms with E-state index in [1.807, 2.05) is 30.3 Å². The molecule has 0 saturated heterocycles. The Morgan fingerprint density at radius 1 is 0.826 bits per heavy atom. The van der Waals surface area contributed by atoms with Gasteiger partial charge in [0.15, 0.2) is 12.4 Å². The van der Waals surface area contributed by atoms with E-state index in [2.05, 4.69) is 15.9 Å². The lowest BCUT2D eigenvalue weighted by atomic mass is 10.0. The molecule has 0 saturated carbocycles. The van der Waals surface area contributed by atoms with Crippen molar-refractivity contribution in [3.8, 4) is 0 Å². The Labute approximate surface area is 142 Å². The van der Waals surface area contributed by atoms with Crippen molar-refractivity contribution in [1.82, 2.24) is 0 Å². The van der Waals surface area contributed by atoms with E-state index < -0.39 is 5.97 Å². The summed E-state index contributed by atoms with van der Waals surface area (Å²) in [6.45, 7) is -0.268. The molecule has 0 unspecified atom stereocenters. The van der Waals surface area contributed by atoms with Crippen LogP contribution >= 0.6 is 15.9 Å². The van der Waals surface area contributed by atoms with Crippen molar-refractivity contribution in [2.24, 2.45) is 0 Å². The molecule has 0 radical (unpaired) electrons. The topological polar surface area (TPSA) is 43.4 Å². The van der Waals surface area contributed by atoms with Gasteiger partial charge in [-0.15, -0.1) is 0 Å². The minimum Gasteiger partial charge on any atom is -0.454 e. The molecule has 0 atom stereocenters. The second-order valence-electron chi connectivity index (χ2n) is 5.07. The third kappa shape index (κ3) is 3.66. The second kappa shape index (κ2) is 6.75. The van der Waals surface area contributed by atoms with Gasteiger partial charge >= 0.3 is 5.97 Å². The van der Waals surface area contributed by atoms with E-state index in [1.165, 1.54) is 0 Å². The van der Waals surface area contributed by atoms with Crippen molar-refractivity contribution < 1.29 is 14.3 Å². The maximum absolute atomic E-state index is 12.2. The van der Waals surface area contributed by atoms with Crippen LogP contribution in [0.2, 0.25) is 0 Å². The molecule has 0 aromatic heterocycles. The average Bonchev–Trinajstić information content (AvgIpc) is 2.59. The summed E-state index contributed by atoms with van der Waals surface area (Å²) >= 11 is 3.42. The van der Waals surface area contributed by atoms with Crippen LogP contribution in [0.25, 0.3) is 10.8 Å². The molecule has 0 heterocycles. The van der Waals surface area contributed by atoms with E-state index >= 15 is 0 Å². The lowest BCUT2D eigenvalue weighted by Gasteiger charge is -2.06. The van der Waals surface area contributed by atoms with E-state index in [1.54, 1.807) is 36.4 Å². The maximum atomic E-state index is 12.2. The first-order chi connectivity index (χ1) is 11.1. The minimum absolute atomic E-state index is 0.223. The summed E-state index contributed by atoms with van der Waals surface area (Å²) in [5, 5.41) is 2.01. The number of fused-ring (bicyclic) bond motifs is 1. The van der Waals surface area contributed by atoms with Gasteiger partial charge in [0.2, 0.25) is 0 Å². The SMILES string of the molecule is O=C(COC(=O)c1ccccc1)c1ccc2cc(Br)ccc2c1. The van der Waals surface area contributed by atoms with Crippen LogP contribution in [-0.4, -0.2) is 18.4 Å². The molecule has 3 rings (SSSR count). The number of carbonyl (C=O) groups is 2. The summed E-state index contributed by atoms with van der Waals surface area (Å²) in [6, 6.07) is 19.9. The highest BCUT2D eigenvalue weighted by molar-refractivity contribution is 9.10. The van der Waals surface area contributed by atoms with E-state index in [0.717, 1.165) is 15.2 Å². The summed E-state index contributed by atoms with van der Waals surface area (Å²) < 4.78 is 6.07. The highest BCUT2D eigenvalue weighted by Gasteiger charge is 2.12. The number of rotatable bonds is 4. The Kier molecular flexibility index (Phi) is 4.53. The molecule has 0 fully saturated rings. The van der Waals surface area contributed by atoms with Gasteiger partial charge < -0.3 is 4.74 Å². The zero-order chi connectivity index (χ0) is 16.2. The highest BCUT2D eigenvalue weighted by atomic mass is 79.9. The van der Waals surface area contributed by atoms with Crippen LogP contribution in [0, 0.1) is 0 Å². The summed E-state index contributed by atoms with van der Waals surface area (Å²) in [4.78, 5) is 24.1. The third-order valence-electron chi connectivity index (χ3n) is 3.47. The number of ketones is 1. The molecule has 3 aromatic carbocycles. The zero-order valence-corrected chi connectivity index (χ0v) is 13.7. The second-order valence-corrected chi connectivity index (χ2v) is 5.99. The zero-order valence-electron chi connectivity index (χ0n) is 12.2. The van der Waals surface area contributed by atoms with Crippen molar-refractivity contribution >= 4 is 38.5 Å². The van der Waals surface area contributed by atoms with Crippen LogP contribution in [0.5, 0.6) is 0 Å². The third-order valence-corrected chi connectivity index (χ3v) is 3.96. The van der Waals surface area contributed by atoms with E-state index in [9.17, 15) is 9.59 Å². The first-order valence-electron chi connectivity index (χ1n) is 7.08. The standard InChI is InChI=1S/C19H13BrO3/c20-17-9-8-14-10-16(7-6-15(14)11-17)18(21)12-23-19(22)13-4-2-1-3-5-13/h1-11H,12H2. The molecular formula is C19H13BrO3. The predicted octanol–water partition coefficient (Wildman–Crippen LogP) is 4.64. The Hall–Kier alpha value is -2.46. The van der Waals surface area contributed by atoms with Crippen molar-refractivity contribution in [3.05, 3.63) is 82.3 Å². The number of Topliss-reactive ketones (excluding diaryl/α,β-unsaturated/α-hetero) is 1. The molecular weight excluding hydrogens is 356 g/mol. The fourth-order valence-corrected chi connectivity index (χ4v) is 2.64. The fourth-order valence-electron chi connectivity index (χ4n) is 2.26. The molecule has 0 spiro atoms. The Morgan fingerprint density at radius 3 is 2.30 bits per heavy atom. The quantitative estimate of drug-likeness (QED) is 0.497. The monoisotopic (exact) mass is 368 g/mol. The van der Waals surface area contributed by atoms with Gasteiger partial charge in [-0.25, -0.2) is 4.79 Å². The van der Waals surface area contributed by atoms with E-state index in [-0.39, 0.29) is 12.4 Å². The average molecular weight is 369 g/mol. The first-order valence-corrected chi connectivity index (χ1v) is 7.87. The van der Waals surface area contributed by atoms with Gasteiger partial charge in [0.1, 0.15) is 0 Å². The van der Waals surface area contributed by atoms with Gasteiger partial charge in [-0.3, -0.25) is 4.79 Å². The van der Waals surface area contributed by atoms with Gasteiger partial charge in [0, 0.05) is 10.0 Å². The normalized spacial score (nSPS) is 10.5. The van der Waals surface area contributed by atoms with Crippen molar-refractivity contribution in [1.29, 1.82) is 0 Å². The Bertz CT molecular complexity index is 872. The number of ether oxygens (including phenoxy) is 1. The summed E-state index contributed by atoms with van der Waals surface area (Å²) in [7, 11) is 0. The van der Waals surface area contributed by atoms with Gasteiger partial charge in [-0.2, -0.15) is 0 Å². The van der Waals surface area contributed by atoms with Gasteiger partial charge in [-0.05, 0) is 41.1 Å². The number of hydrogen-bond acceptors (Lipinski definition) is 3. The molecule has 0 bridgehead atoms. The molecule has 0 N–H and O–H groups in total. The summed E-state index contributed by atoms with van der Waals surface area (Å²) in [5.74, 6) is -0.720. The fraction of sp³-hybridized carbons (Fsp3) is 0.0526. The largest absolute Gasteiger partial charge is 0.454 e. The van der Waals surface area contributed by atoms with Crippen molar-refractivity contribution in [3.63, 3.8) is 0 Å². The summed E-state index contributed by atoms with van der Waals surface area (Å²) in [5.41, 5.74) is 0.962. The minimum atomic E-state index is -0.497. The molecule has 114 valence electrons. The molecule has 23 heavy (non-hydrogen) atoms. The molecule has 0 aliphatic carbocycles. The molecule has 3 nitrogen and oxygen atoms in total. The molecule has 0 aliphatic rings. The number of benzene rings is 3. The summed E-state index contributed by atoms with van der Waals surface area (Å²) in [6.07, 6.45) is 0. The van der Waals surface area contributed by atoms with Crippen LogP contribution in [0.1, 0.15) is 20.7 Å². The van der Waals surface area contributed by atoms with E-state index in [4.69, 9.17) is 4.74 Å². The molecule has 0 aliphatic heterocycles. The van der Waals surface area contributed by atoms with Crippen molar-refractivity contribution in [2.45, 2.75) is 0 Å². The number of hydrogen-bond donors (Lipinski definition) is 0. The van der Waals surface area contributed by atoms with Gasteiger partial charge in [-0.1, -0.05) is 52.3 Å². The van der Waals surface area contributed by atoms with Crippen LogP contribution in [0.4, 0.5) is 0 Å². The lowest BCUT2D eigenvalue weighted by molar-refractivity contribution is 0.0475. The first kappa shape index (κ1) is 15.4. The van der Waals surface area contributed by atoms with Crippen molar-refractivity contribution in [2.75, 3.05) is 6.61 Å². The van der Waals surface area contributed by atoms with Crippen LogP contribution < -0.4 is 0 Å². The van der Waals surface area contributed by atoms with E-state index in [0.29, 0.717) is 11.1 Å². The van der Waals surface area contributed by atoms with Gasteiger partial charge in [0.05, 0.1) is 5.56 Å². The van der Waals surface area contributed by atoms with Crippen LogP contribution in [0.3, 0.4) is 0 Å². The maximum Gasteiger partial charge on any atom is 0.338 e. The number of carbonyl (C=O) groups excluding carboxylic acids is 2. The number of halogens is 1. The molecule has 3 aromatic rings. The van der Waals surface area contributed by atoms with Crippen LogP contribution in [-0.2, 0) is 4.74 Å². The lowest BCUT2D eigenvalue weighted by Crippen LogP contribution is -2.14. The van der Waals surface area contributed by atoms with Gasteiger partial charge in [0.25, 0.3) is 0 Å². The Morgan fingerprint density at radius 2 is 1.52 bits per heavy atom. The van der Waals surface area contributed by atoms with Crippen LogP contribution in [0.15, 0.2) is 71.2 Å². The molecule has 4 heteroatoms. The Balaban J connectivity index is 1.71. The smallest absolute Gasteiger partial charge is 0.338 e. The molecule has 0 amide bonds. The number of esters is 1.